The number of ether oxygens (including phenoxy) is 1. The van der Waals surface area contributed by atoms with Crippen molar-refractivity contribution >= 4 is 11.9 Å². The Hall–Kier alpha value is -1.88. The van der Waals surface area contributed by atoms with E-state index in [0.29, 0.717) is 24.6 Å². The number of carboxylic acid groups (broad SMARTS) is 1. The number of carbonyl (C=O) groups excluding carboxylic acids is 1. The number of hydrogen-bond acceptors (Lipinski definition) is 3. The van der Waals surface area contributed by atoms with E-state index in [1.165, 1.54) is 25.0 Å². The van der Waals surface area contributed by atoms with Gasteiger partial charge in [-0.2, -0.15) is 0 Å². The zero-order valence-electron chi connectivity index (χ0n) is 10.6. The van der Waals surface area contributed by atoms with Crippen LogP contribution in [0.2, 0.25) is 0 Å². The summed E-state index contributed by atoms with van der Waals surface area (Å²) in [5.41, 5.74) is 0.458. The predicted molar refractivity (Wildman–Crippen MR) is 69.3 cm³/mol. The molecular formula is C14H17NO4. The third-order valence-electron chi connectivity index (χ3n) is 2.95. The molecule has 0 bridgehead atoms. The van der Waals surface area contributed by atoms with Crippen LogP contribution in [0.1, 0.15) is 33.6 Å². The lowest BCUT2D eigenvalue weighted by molar-refractivity contribution is 0.0697. The first-order valence-electron chi connectivity index (χ1n) is 6.36. The molecule has 0 aromatic heterocycles. The van der Waals surface area contributed by atoms with Gasteiger partial charge in [0.2, 0.25) is 0 Å². The van der Waals surface area contributed by atoms with Gasteiger partial charge in [-0.3, -0.25) is 4.79 Å². The summed E-state index contributed by atoms with van der Waals surface area (Å²) in [5, 5.41) is 11.5. The van der Waals surface area contributed by atoms with Gasteiger partial charge in [-0.15, -0.1) is 0 Å². The van der Waals surface area contributed by atoms with Crippen LogP contribution in [0.3, 0.4) is 0 Å². The Kier molecular flexibility index (Phi) is 4.52. The van der Waals surface area contributed by atoms with Crippen LogP contribution in [0, 0.1) is 5.92 Å². The largest absolute Gasteiger partial charge is 0.478 e. The van der Waals surface area contributed by atoms with Gasteiger partial charge >= 0.3 is 5.97 Å². The summed E-state index contributed by atoms with van der Waals surface area (Å²) >= 11 is 0. The Labute approximate surface area is 111 Å². The van der Waals surface area contributed by atoms with Gasteiger partial charge in [0.1, 0.15) is 0 Å². The quantitative estimate of drug-likeness (QED) is 0.732. The molecule has 0 atom stereocenters. The van der Waals surface area contributed by atoms with E-state index in [9.17, 15) is 9.59 Å². The Morgan fingerprint density at radius 1 is 1.32 bits per heavy atom. The third kappa shape index (κ3) is 4.37. The van der Waals surface area contributed by atoms with Crippen molar-refractivity contribution in [2.45, 2.75) is 12.8 Å². The number of amides is 1. The highest BCUT2D eigenvalue weighted by molar-refractivity contribution is 5.97. The molecule has 1 amide bonds. The summed E-state index contributed by atoms with van der Waals surface area (Å²) in [5.74, 6) is -0.608. The highest BCUT2D eigenvalue weighted by Crippen LogP contribution is 2.28. The van der Waals surface area contributed by atoms with Crippen molar-refractivity contribution in [1.82, 2.24) is 5.32 Å². The molecule has 1 saturated carbocycles. The van der Waals surface area contributed by atoms with Gasteiger partial charge in [-0.25, -0.2) is 4.79 Å². The molecule has 0 unspecified atom stereocenters. The maximum absolute atomic E-state index is 11.8. The van der Waals surface area contributed by atoms with Crippen LogP contribution in [0.15, 0.2) is 24.3 Å². The number of rotatable bonds is 7. The van der Waals surface area contributed by atoms with Crippen LogP contribution in [0.25, 0.3) is 0 Å². The molecule has 102 valence electrons. The standard InChI is InChI=1S/C14H17NO4/c16-13(15-6-7-19-9-10-4-5-10)11-2-1-3-12(8-11)14(17)18/h1-3,8,10H,4-7,9H2,(H,15,16)(H,17,18). The van der Waals surface area contributed by atoms with E-state index < -0.39 is 5.97 Å². The Bertz CT molecular complexity index is 468. The first-order valence-corrected chi connectivity index (χ1v) is 6.36. The molecule has 0 aliphatic heterocycles. The average Bonchev–Trinajstić information content (AvgIpc) is 3.22. The summed E-state index contributed by atoms with van der Waals surface area (Å²) in [6.07, 6.45) is 2.49. The average molecular weight is 263 g/mol. The van der Waals surface area contributed by atoms with Gasteiger partial charge in [0.15, 0.2) is 0 Å². The van der Waals surface area contributed by atoms with Crippen molar-refractivity contribution < 1.29 is 19.4 Å². The van der Waals surface area contributed by atoms with Crippen molar-refractivity contribution in [1.29, 1.82) is 0 Å². The van der Waals surface area contributed by atoms with Crippen molar-refractivity contribution in [2.75, 3.05) is 19.8 Å². The second-order valence-corrected chi connectivity index (χ2v) is 4.66. The lowest BCUT2D eigenvalue weighted by Gasteiger charge is -2.06. The maximum Gasteiger partial charge on any atom is 0.335 e. The van der Waals surface area contributed by atoms with E-state index in [1.807, 2.05) is 0 Å². The van der Waals surface area contributed by atoms with Gasteiger partial charge in [0.05, 0.1) is 12.2 Å². The second-order valence-electron chi connectivity index (χ2n) is 4.66. The van der Waals surface area contributed by atoms with E-state index in [0.717, 1.165) is 6.61 Å². The number of benzene rings is 1. The van der Waals surface area contributed by atoms with E-state index >= 15 is 0 Å². The third-order valence-corrected chi connectivity index (χ3v) is 2.95. The fraction of sp³-hybridized carbons (Fsp3) is 0.429. The molecule has 2 N–H and O–H groups in total. The number of hydrogen-bond donors (Lipinski definition) is 2. The van der Waals surface area contributed by atoms with E-state index in [4.69, 9.17) is 9.84 Å². The zero-order valence-corrected chi connectivity index (χ0v) is 10.6. The molecule has 19 heavy (non-hydrogen) atoms. The summed E-state index contributed by atoms with van der Waals surface area (Å²) < 4.78 is 5.40. The van der Waals surface area contributed by atoms with E-state index in [2.05, 4.69) is 5.32 Å². The Morgan fingerprint density at radius 3 is 2.74 bits per heavy atom. The molecule has 1 aromatic rings. The van der Waals surface area contributed by atoms with Crippen molar-refractivity contribution in [3.63, 3.8) is 0 Å². The topological polar surface area (TPSA) is 75.6 Å². The highest BCUT2D eigenvalue weighted by Gasteiger charge is 2.20. The molecule has 0 spiro atoms. The monoisotopic (exact) mass is 263 g/mol. The molecule has 2 rings (SSSR count). The SMILES string of the molecule is O=C(O)c1cccc(C(=O)NCCOCC2CC2)c1. The molecule has 1 fully saturated rings. The fourth-order valence-corrected chi connectivity index (χ4v) is 1.67. The number of aromatic carboxylic acids is 1. The molecule has 1 aliphatic carbocycles. The minimum absolute atomic E-state index is 0.109. The van der Waals surface area contributed by atoms with Gasteiger partial charge in [0, 0.05) is 18.7 Å². The van der Waals surface area contributed by atoms with Crippen LogP contribution >= 0.6 is 0 Å². The molecule has 5 nitrogen and oxygen atoms in total. The number of carbonyl (C=O) groups is 2. The van der Waals surface area contributed by atoms with Crippen LogP contribution in [0.5, 0.6) is 0 Å². The second kappa shape index (κ2) is 6.33. The summed E-state index contributed by atoms with van der Waals surface area (Å²) in [6, 6.07) is 5.97. The van der Waals surface area contributed by atoms with Crippen LogP contribution in [-0.2, 0) is 4.74 Å². The molecule has 1 aliphatic rings. The van der Waals surface area contributed by atoms with Gasteiger partial charge in [-0.05, 0) is 37.0 Å². The van der Waals surface area contributed by atoms with Crippen LogP contribution in [-0.4, -0.2) is 36.7 Å². The maximum atomic E-state index is 11.8. The van der Waals surface area contributed by atoms with E-state index in [1.54, 1.807) is 12.1 Å². The molecule has 0 saturated heterocycles. The summed E-state index contributed by atoms with van der Waals surface area (Å²) in [7, 11) is 0. The first-order chi connectivity index (χ1) is 9.16. The zero-order chi connectivity index (χ0) is 13.7. The van der Waals surface area contributed by atoms with Gasteiger partial charge in [-0.1, -0.05) is 6.07 Å². The van der Waals surface area contributed by atoms with Gasteiger partial charge in [0.25, 0.3) is 5.91 Å². The normalized spacial score (nSPS) is 14.1. The van der Waals surface area contributed by atoms with Crippen molar-refractivity contribution in [3.8, 4) is 0 Å². The van der Waals surface area contributed by atoms with Crippen molar-refractivity contribution in [2.24, 2.45) is 5.92 Å². The summed E-state index contributed by atoms with van der Waals surface area (Å²) in [4.78, 5) is 22.6. The Balaban J connectivity index is 1.75. The molecule has 5 heteroatoms. The lowest BCUT2D eigenvalue weighted by atomic mass is 10.1. The van der Waals surface area contributed by atoms with Gasteiger partial charge < -0.3 is 15.2 Å². The molecular weight excluding hydrogens is 246 g/mol. The molecule has 1 aromatic carbocycles. The number of nitrogens with one attached hydrogen (secondary N) is 1. The minimum atomic E-state index is -1.04. The van der Waals surface area contributed by atoms with Crippen LogP contribution < -0.4 is 5.32 Å². The van der Waals surface area contributed by atoms with Crippen LogP contribution in [0.4, 0.5) is 0 Å². The predicted octanol–water partition coefficient (Wildman–Crippen LogP) is 1.54. The fourth-order valence-electron chi connectivity index (χ4n) is 1.67. The lowest BCUT2D eigenvalue weighted by Crippen LogP contribution is -2.27. The highest BCUT2D eigenvalue weighted by atomic mass is 16.5. The molecule has 0 heterocycles. The number of carboxylic acids is 1. The first kappa shape index (κ1) is 13.5. The Morgan fingerprint density at radius 2 is 2.05 bits per heavy atom. The molecule has 0 radical (unpaired) electrons. The minimum Gasteiger partial charge on any atom is -0.478 e. The van der Waals surface area contributed by atoms with E-state index in [-0.39, 0.29) is 11.5 Å². The smallest absolute Gasteiger partial charge is 0.335 e. The summed E-state index contributed by atoms with van der Waals surface area (Å²) in [6.45, 7) is 1.69. The van der Waals surface area contributed by atoms with Crippen molar-refractivity contribution in [3.05, 3.63) is 35.4 Å².